The van der Waals surface area contributed by atoms with Crippen molar-refractivity contribution in [3.63, 3.8) is 0 Å². The highest BCUT2D eigenvalue weighted by Crippen LogP contribution is 2.28. The summed E-state index contributed by atoms with van der Waals surface area (Å²) in [7, 11) is 0. The molecule has 1 fully saturated rings. The fourth-order valence-corrected chi connectivity index (χ4v) is 2.90. The molecule has 0 bridgehead atoms. The zero-order valence-corrected chi connectivity index (χ0v) is 12.8. The third kappa shape index (κ3) is 4.22. The zero-order valence-electron chi connectivity index (χ0n) is 12.8. The minimum Gasteiger partial charge on any atom is -0.492 e. The lowest BCUT2D eigenvalue weighted by molar-refractivity contribution is 0.0406. The van der Waals surface area contributed by atoms with E-state index in [-0.39, 0.29) is 12.0 Å². The summed E-state index contributed by atoms with van der Waals surface area (Å²) in [6, 6.07) is 8.32. The molecule has 20 heavy (non-hydrogen) atoms. The Morgan fingerprint density at radius 1 is 1.40 bits per heavy atom. The SMILES string of the molecule is CCc1cccc(OCCN2CCCC(C)(CO)C2)c1. The number of aryl methyl sites for hydroxylation is 1. The second-order valence-corrected chi connectivity index (χ2v) is 6.20. The van der Waals surface area contributed by atoms with Gasteiger partial charge in [0, 0.05) is 25.1 Å². The van der Waals surface area contributed by atoms with E-state index >= 15 is 0 Å². The van der Waals surface area contributed by atoms with Gasteiger partial charge in [0.1, 0.15) is 12.4 Å². The van der Waals surface area contributed by atoms with E-state index < -0.39 is 0 Å². The van der Waals surface area contributed by atoms with Crippen molar-refractivity contribution < 1.29 is 9.84 Å². The molecule has 1 heterocycles. The molecule has 1 aromatic carbocycles. The third-order valence-corrected chi connectivity index (χ3v) is 4.22. The molecule has 0 aliphatic carbocycles. The lowest BCUT2D eigenvalue weighted by Crippen LogP contribution is -2.45. The molecule has 0 radical (unpaired) electrons. The van der Waals surface area contributed by atoms with Crippen LogP contribution in [0.15, 0.2) is 24.3 Å². The number of nitrogens with zero attached hydrogens (tertiary/aromatic N) is 1. The Kier molecular flexibility index (Phi) is 5.44. The Morgan fingerprint density at radius 2 is 2.25 bits per heavy atom. The normalized spacial score (nSPS) is 23.8. The first-order valence-corrected chi connectivity index (χ1v) is 7.70. The number of hydrogen-bond acceptors (Lipinski definition) is 3. The summed E-state index contributed by atoms with van der Waals surface area (Å²) >= 11 is 0. The molecule has 0 saturated carbocycles. The average Bonchev–Trinajstić information content (AvgIpc) is 2.48. The van der Waals surface area contributed by atoms with Crippen LogP contribution in [0, 0.1) is 5.41 Å². The Morgan fingerprint density at radius 3 is 3.00 bits per heavy atom. The van der Waals surface area contributed by atoms with Gasteiger partial charge in [0.25, 0.3) is 0 Å². The van der Waals surface area contributed by atoms with Crippen molar-refractivity contribution in [1.29, 1.82) is 0 Å². The molecule has 1 aliphatic heterocycles. The van der Waals surface area contributed by atoms with Gasteiger partial charge in [0.15, 0.2) is 0 Å². The van der Waals surface area contributed by atoms with Crippen molar-refractivity contribution in [2.75, 3.05) is 32.8 Å². The van der Waals surface area contributed by atoms with E-state index in [0.717, 1.165) is 38.2 Å². The number of rotatable bonds is 6. The molecule has 1 aliphatic rings. The van der Waals surface area contributed by atoms with Crippen LogP contribution in [0.3, 0.4) is 0 Å². The van der Waals surface area contributed by atoms with Gasteiger partial charge in [-0.3, -0.25) is 4.90 Å². The molecule has 1 aromatic rings. The van der Waals surface area contributed by atoms with Crippen LogP contribution in [0.25, 0.3) is 0 Å². The summed E-state index contributed by atoms with van der Waals surface area (Å²) in [4.78, 5) is 2.41. The lowest BCUT2D eigenvalue weighted by Gasteiger charge is -2.39. The molecule has 3 nitrogen and oxygen atoms in total. The summed E-state index contributed by atoms with van der Waals surface area (Å²) in [6.07, 6.45) is 3.33. The molecule has 112 valence electrons. The second kappa shape index (κ2) is 7.09. The maximum atomic E-state index is 9.47. The van der Waals surface area contributed by atoms with Crippen molar-refractivity contribution in [3.05, 3.63) is 29.8 Å². The van der Waals surface area contributed by atoms with Gasteiger partial charge in [-0.15, -0.1) is 0 Å². The minimum absolute atomic E-state index is 0.0698. The van der Waals surface area contributed by atoms with Crippen molar-refractivity contribution in [1.82, 2.24) is 4.90 Å². The molecular weight excluding hydrogens is 250 g/mol. The molecule has 1 N–H and O–H groups in total. The van der Waals surface area contributed by atoms with E-state index in [0.29, 0.717) is 6.61 Å². The van der Waals surface area contributed by atoms with Crippen molar-refractivity contribution in [2.45, 2.75) is 33.1 Å². The fourth-order valence-electron chi connectivity index (χ4n) is 2.90. The maximum absolute atomic E-state index is 9.47. The number of hydrogen-bond donors (Lipinski definition) is 1. The van der Waals surface area contributed by atoms with Crippen LogP contribution in [0.5, 0.6) is 5.75 Å². The summed E-state index contributed by atoms with van der Waals surface area (Å²) < 4.78 is 5.85. The van der Waals surface area contributed by atoms with Gasteiger partial charge in [-0.25, -0.2) is 0 Å². The molecule has 1 unspecified atom stereocenters. The third-order valence-electron chi connectivity index (χ3n) is 4.22. The van der Waals surface area contributed by atoms with E-state index in [1.807, 2.05) is 6.07 Å². The van der Waals surface area contributed by atoms with Crippen LogP contribution in [-0.2, 0) is 6.42 Å². The van der Waals surface area contributed by atoms with E-state index in [1.54, 1.807) is 0 Å². The smallest absolute Gasteiger partial charge is 0.119 e. The summed E-state index contributed by atoms with van der Waals surface area (Å²) in [5.41, 5.74) is 1.38. The van der Waals surface area contributed by atoms with Crippen molar-refractivity contribution in [2.24, 2.45) is 5.41 Å². The lowest BCUT2D eigenvalue weighted by atomic mass is 9.83. The van der Waals surface area contributed by atoms with Crippen LogP contribution in [0.1, 0.15) is 32.3 Å². The molecule has 2 rings (SSSR count). The van der Waals surface area contributed by atoms with Gasteiger partial charge in [-0.05, 0) is 43.5 Å². The fraction of sp³-hybridized carbons (Fsp3) is 0.647. The van der Waals surface area contributed by atoms with Crippen LogP contribution >= 0.6 is 0 Å². The van der Waals surface area contributed by atoms with E-state index in [9.17, 15) is 5.11 Å². The highest BCUT2D eigenvalue weighted by atomic mass is 16.5. The quantitative estimate of drug-likeness (QED) is 0.868. The van der Waals surface area contributed by atoms with Crippen LogP contribution in [0.2, 0.25) is 0 Å². The van der Waals surface area contributed by atoms with Gasteiger partial charge in [0.2, 0.25) is 0 Å². The van der Waals surface area contributed by atoms with E-state index in [4.69, 9.17) is 4.74 Å². The molecule has 1 atom stereocenters. The highest BCUT2D eigenvalue weighted by Gasteiger charge is 2.29. The van der Waals surface area contributed by atoms with Crippen LogP contribution in [-0.4, -0.2) is 42.9 Å². The predicted molar refractivity (Wildman–Crippen MR) is 82.2 cm³/mol. The van der Waals surface area contributed by atoms with Gasteiger partial charge in [-0.2, -0.15) is 0 Å². The number of aliphatic hydroxyl groups excluding tert-OH is 1. The van der Waals surface area contributed by atoms with Gasteiger partial charge in [-0.1, -0.05) is 26.0 Å². The van der Waals surface area contributed by atoms with Gasteiger partial charge < -0.3 is 9.84 Å². The van der Waals surface area contributed by atoms with Crippen LogP contribution in [0.4, 0.5) is 0 Å². The average molecular weight is 277 g/mol. The Labute approximate surface area is 122 Å². The van der Waals surface area contributed by atoms with E-state index in [2.05, 4.69) is 36.9 Å². The van der Waals surface area contributed by atoms with Crippen molar-refractivity contribution >= 4 is 0 Å². The van der Waals surface area contributed by atoms with Gasteiger partial charge >= 0.3 is 0 Å². The Hall–Kier alpha value is -1.06. The molecule has 3 heteroatoms. The number of piperidine rings is 1. The first-order chi connectivity index (χ1) is 9.65. The predicted octanol–water partition coefficient (Wildman–Crippen LogP) is 2.72. The second-order valence-electron chi connectivity index (χ2n) is 6.20. The highest BCUT2D eigenvalue weighted by molar-refractivity contribution is 5.28. The van der Waals surface area contributed by atoms with Crippen LogP contribution < -0.4 is 4.74 Å². The Bertz CT molecular complexity index is 421. The maximum Gasteiger partial charge on any atom is 0.119 e. The number of aliphatic hydroxyl groups is 1. The van der Waals surface area contributed by atoms with Gasteiger partial charge in [0.05, 0.1) is 0 Å². The Balaban J connectivity index is 1.77. The zero-order chi connectivity index (χ0) is 14.4. The molecule has 0 spiro atoms. The first kappa shape index (κ1) is 15.3. The van der Waals surface area contributed by atoms with E-state index in [1.165, 1.54) is 12.0 Å². The first-order valence-electron chi connectivity index (χ1n) is 7.70. The summed E-state index contributed by atoms with van der Waals surface area (Å²) in [6.45, 7) is 8.35. The minimum atomic E-state index is 0.0698. The number of benzene rings is 1. The molecule has 0 aromatic heterocycles. The standard InChI is InChI=1S/C17H27NO2/c1-3-15-6-4-7-16(12-15)20-11-10-18-9-5-8-17(2,13-18)14-19/h4,6-7,12,19H,3,5,8-11,13-14H2,1-2H3. The number of likely N-dealkylation sites (tertiary alicyclic amines) is 1. The monoisotopic (exact) mass is 277 g/mol. The molecule has 1 saturated heterocycles. The summed E-state index contributed by atoms with van der Waals surface area (Å²) in [5.74, 6) is 0.964. The number of ether oxygens (including phenoxy) is 1. The molecule has 0 amide bonds. The molecular formula is C17H27NO2. The van der Waals surface area contributed by atoms with Crippen molar-refractivity contribution in [3.8, 4) is 5.75 Å². The largest absolute Gasteiger partial charge is 0.492 e. The summed E-state index contributed by atoms with van der Waals surface area (Å²) in [5, 5.41) is 9.47. The topological polar surface area (TPSA) is 32.7 Å².